The molecule has 0 fully saturated rings. The van der Waals surface area contributed by atoms with E-state index in [1.807, 2.05) is 60.0 Å². The highest BCUT2D eigenvalue weighted by atomic mass is 79.9. The number of allylic oxidation sites excluding steroid dienone is 1. The molecule has 0 saturated heterocycles. The molecule has 7 heteroatoms. The van der Waals surface area contributed by atoms with Gasteiger partial charge in [-0.25, -0.2) is 4.99 Å². The third-order valence-electron chi connectivity index (χ3n) is 6.61. The smallest absolute Gasteiger partial charge is 0.271 e. The number of benzene rings is 3. The number of thiazole rings is 1. The van der Waals surface area contributed by atoms with Crippen LogP contribution in [0.3, 0.4) is 0 Å². The summed E-state index contributed by atoms with van der Waals surface area (Å²) in [7, 11) is 0. The minimum atomic E-state index is -0.212. The quantitative estimate of drug-likeness (QED) is 0.293. The second-order valence-corrected chi connectivity index (χ2v) is 11.1. The topological polar surface area (TPSA) is 43.6 Å². The van der Waals surface area contributed by atoms with E-state index in [0.29, 0.717) is 21.0 Å². The Morgan fingerprint density at radius 1 is 1.14 bits per heavy atom. The standard InChI is InChI=1S/C29H22BrClN2O2S/c1-2-35-24-14-7-17(15-23(24)30)16-25-28(34)33-27(19-8-11-20(31)12-9-19)22-13-10-18-5-3-4-6-21(18)26(22)32-29(33)36-25/h3-9,11-12,14-16,27H,2,10,13H2,1H3/b25-16-/t27-/m1/s1. The number of rotatable bonds is 4. The Morgan fingerprint density at radius 2 is 1.94 bits per heavy atom. The fourth-order valence-electron chi connectivity index (χ4n) is 5.00. The van der Waals surface area contributed by atoms with Gasteiger partial charge in [-0.3, -0.25) is 9.36 Å². The lowest BCUT2D eigenvalue weighted by molar-refractivity contribution is 0.338. The van der Waals surface area contributed by atoms with E-state index < -0.39 is 0 Å². The van der Waals surface area contributed by atoms with Crippen LogP contribution in [0.2, 0.25) is 5.02 Å². The Hall–Kier alpha value is -2.93. The average molecular weight is 578 g/mol. The van der Waals surface area contributed by atoms with Gasteiger partial charge >= 0.3 is 0 Å². The van der Waals surface area contributed by atoms with Crippen molar-refractivity contribution >= 4 is 50.6 Å². The zero-order chi connectivity index (χ0) is 24.8. The average Bonchev–Trinajstić information content (AvgIpc) is 3.19. The zero-order valence-corrected chi connectivity index (χ0v) is 22.7. The van der Waals surface area contributed by atoms with E-state index in [1.54, 1.807) is 0 Å². The highest BCUT2D eigenvalue weighted by molar-refractivity contribution is 9.10. The summed E-state index contributed by atoms with van der Waals surface area (Å²) in [5, 5.41) is 0.676. The molecule has 0 amide bonds. The Labute approximate surface area is 226 Å². The maximum absolute atomic E-state index is 13.8. The van der Waals surface area contributed by atoms with E-state index in [1.165, 1.54) is 22.5 Å². The van der Waals surface area contributed by atoms with Crippen molar-refractivity contribution in [1.82, 2.24) is 4.57 Å². The van der Waals surface area contributed by atoms with Gasteiger partial charge in [-0.15, -0.1) is 0 Å². The molecule has 1 aliphatic heterocycles. The number of hydrogen-bond donors (Lipinski definition) is 0. The number of nitrogens with zero attached hydrogens (tertiary/aromatic N) is 2. The minimum absolute atomic E-state index is 0.0332. The van der Waals surface area contributed by atoms with Crippen LogP contribution >= 0.6 is 38.9 Å². The molecule has 4 nitrogen and oxygen atoms in total. The van der Waals surface area contributed by atoms with E-state index in [2.05, 4.69) is 40.2 Å². The first kappa shape index (κ1) is 23.5. The lowest BCUT2D eigenvalue weighted by atomic mass is 9.83. The molecule has 2 heterocycles. The third-order valence-corrected chi connectivity index (χ3v) is 8.47. The molecular formula is C29H22BrClN2O2S. The molecule has 180 valence electrons. The van der Waals surface area contributed by atoms with Gasteiger partial charge in [-0.05, 0) is 88.3 Å². The van der Waals surface area contributed by atoms with E-state index in [0.717, 1.165) is 45.5 Å². The van der Waals surface area contributed by atoms with Crippen LogP contribution in [-0.4, -0.2) is 11.2 Å². The van der Waals surface area contributed by atoms with Crippen molar-refractivity contribution < 1.29 is 4.74 Å². The molecule has 36 heavy (non-hydrogen) atoms. The Morgan fingerprint density at radius 3 is 2.72 bits per heavy atom. The molecule has 0 N–H and O–H groups in total. The van der Waals surface area contributed by atoms with Crippen LogP contribution in [-0.2, 0) is 6.42 Å². The van der Waals surface area contributed by atoms with Gasteiger partial charge in [-0.1, -0.05) is 65.4 Å². The molecule has 1 aromatic heterocycles. The maximum atomic E-state index is 13.8. The molecule has 1 atom stereocenters. The summed E-state index contributed by atoms with van der Waals surface area (Å²) in [6.07, 6.45) is 3.72. The summed E-state index contributed by atoms with van der Waals surface area (Å²) >= 11 is 11.2. The van der Waals surface area contributed by atoms with E-state index >= 15 is 0 Å². The van der Waals surface area contributed by atoms with Crippen LogP contribution in [0.5, 0.6) is 5.75 Å². The summed E-state index contributed by atoms with van der Waals surface area (Å²) in [4.78, 5) is 19.6. The first-order chi connectivity index (χ1) is 17.5. The predicted molar refractivity (Wildman–Crippen MR) is 150 cm³/mol. The molecule has 0 bridgehead atoms. The highest BCUT2D eigenvalue weighted by Crippen LogP contribution is 2.41. The SMILES string of the molecule is CCOc1ccc(/C=c2\sc3n(c2=O)[C@H](c2ccc(Cl)cc2)C2=C(N=3)c3ccccc3CC2)cc1Br. The lowest BCUT2D eigenvalue weighted by Gasteiger charge is -2.30. The molecule has 2 aliphatic rings. The van der Waals surface area contributed by atoms with E-state index in [-0.39, 0.29) is 11.6 Å². The molecule has 0 spiro atoms. The second kappa shape index (κ2) is 9.51. The van der Waals surface area contributed by atoms with Crippen LogP contribution in [0.1, 0.15) is 41.6 Å². The first-order valence-electron chi connectivity index (χ1n) is 11.8. The largest absolute Gasteiger partial charge is 0.493 e. The lowest BCUT2D eigenvalue weighted by Crippen LogP contribution is -2.38. The van der Waals surface area contributed by atoms with Crippen molar-refractivity contribution in [3.63, 3.8) is 0 Å². The van der Waals surface area contributed by atoms with Crippen LogP contribution in [0.4, 0.5) is 0 Å². The predicted octanol–water partition coefficient (Wildman–Crippen LogP) is 6.13. The number of fused-ring (bicyclic) bond motifs is 3. The highest BCUT2D eigenvalue weighted by Gasteiger charge is 2.32. The molecule has 0 radical (unpaired) electrons. The molecular weight excluding hydrogens is 556 g/mol. The summed E-state index contributed by atoms with van der Waals surface area (Å²) in [5.74, 6) is 0.783. The van der Waals surface area contributed by atoms with Gasteiger partial charge in [0.05, 0.1) is 27.4 Å². The second-order valence-electron chi connectivity index (χ2n) is 8.79. The molecule has 4 aromatic rings. The van der Waals surface area contributed by atoms with Crippen molar-refractivity contribution in [2.45, 2.75) is 25.8 Å². The summed E-state index contributed by atoms with van der Waals surface area (Å²) in [6, 6.07) is 21.9. The van der Waals surface area contributed by atoms with E-state index in [9.17, 15) is 4.79 Å². The van der Waals surface area contributed by atoms with Gasteiger partial charge in [0, 0.05) is 10.6 Å². The van der Waals surface area contributed by atoms with Crippen molar-refractivity contribution in [1.29, 1.82) is 0 Å². The molecule has 3 aromatic carbocycles. The number of aromatic nitrogens is 1. The number of aryl methyl sites for hydroxylation is 1. The monoisotopic (exact) mass is 576 g/mol. The van der Waals surface area contributed by atoms with Gasteiger partial charge in [0.1, 0.15) is 5.75 Å². The molecule has 6 rings (SSSR count). The van der Waals surface area contributed by atoms with Gasteiger partial charge in [0.25, 0.3) is 5.56 Å². The van der Waals surface area contributed by atoms with Gasteiger partial charge in [-0.2, -0.15) is 0 Å². The number of ether oxygens (including phenoxy) is 1. The first-order valence-corrected chi connectivity index (χ1v) is 13.8. The molecule has 1 aliphatic carbocycles. The van der Waals surface area contributed by atoms with Gasteiger partial charge in [0.2, 0.25) is 0 Å². The van der Waals surface area contributed by atoms with Crippen molar-refractivity contribution in [3.8, 4) is 5.75 Å². The fraction of sp³-hybridized carbons (Fsp3) is 0.172. The van der Waals surface area contributed by atoms with Crippen LogP contribution in [0, 0.1) is 0 Å². The van der Waals surface area contributed by atoms with Crippen molar-refractivity contribution in [2.75, 3.05) is 6.61 Å². The Kier molecular flexibility index (Phi) is 6.20. The van der Waals surface area contributed by atoms with Gasteiger partial charge < -0.3 is 4.74 Å². The third kappa shape index (κ3) is 4.07. The zero-order valence-electron chi connectivity index (χ0n) is 19.5. The van der Waals surface area contributed by atoms with E-state index in [4.69, 9.17) is 21.3 Å². The minimum Gasteiger partial charge on any atom is -0.493 e. The van der Waals surface area contributed by atoms with Crippen LogP contribution in [0.15, 0.2) is 86.6 Å². The Balaban J connectivity index is 1.56. The molecule has 0 saturated carbocycles. The summed E-state index contributed by atoms with van der Waals surface area (Å²) in [6.45, 7) is 2.55. The Bertz CT molecular complexity index is 1700. The maximum Gasteiger partial charge on any atom is 0.271 e. The van der Waals surface area contributed by atoms with Crippen molar-refractivity contribution in [2.24, 2.45) is 4.99 Å². The van der Waals surface area contributed by atoms with Gasteiger partial charge in [0.15, 0.2) is 4.80 Å². The normalized spacial score (nSPS) is 16.8. The fourth-order valence-corrected chi connectivity index (χ4v) is 6.64. The van der Waals surface area contributed by atoms with Crippen LogP contribution in [0.25, 0.3) is 11.8 Å². The molecule has 0 unspecified atom stereocenters. The number of halogens is 2. The summed E-state index contributed by atoms with van der Waals surface area (Å²) in [5.41, 5.74) is 6.56. The number of hydrogen-bond acceptors (Lipinski definition) is 4. The summed E-state index contributed by atoms with van der Waals surface area (Å²) < 4.78 is 9.00. The van der Waals surface area contributed by atoms with Crippen LogP contribution < -0.4 is 19.6 Å². The van der Waals surface area contributed by atoms with Crippen molar-refractivity contribution in [3.05, 3.63) is 124 Å².